The van der Waals surface area contributed by atoms with E-state index in [1.807, 2.05) is 0 Å². The van der Waals surface area contributed by atoms with Gasteiger partial charge < -0.3 is 4.90 Å². The van der Waals surface area contributed by atoms with Crippen molar-refractivity contribution in [3.63, 3.8) is 0 Å². The number of amides is 1. The maximum Gasteiger partial charge on any atom is 0.254 e. The zero-order valence-electron chi connectivity index (χ0n) is 11.1. The van der Waals surface area contributed by atoms with Gasteiger partial charge in [0.05, 0.1) is 5.56 Å². The van der Waals surface area contributed by atoms with E-state index in [1.165, 1.54) is 42.5 Å². The van der Waals surface area contributed by atoms with Crippen LogP contribution in [0.2, 0.25) is 0 Å². The molecule has 1 aromatic rings. The molecule has 0 radical (unpaired) electrons. The van der Waals surface area contributed by atoms with Crippen LogP contribution in [-0.4, -0.2) is 23.9 Å². The molecule has 2 aliphatic rings. The summed E-state index contributed by atoms with van der Waals surface area (Å²) < 4.78 is 0. The number of fused-ring (bicyclic) bond motifs is 1. The minimum Gasteiger partial charge on any atom is -0.338 e. The third-order valence-corrected chi connectivity index (χ3v) is 5.53. The maximum atomic E-state index is 12.6. The average molecular weight is 263 g/mol. The number of rotatable bonds is 2. The summed E-state index contributed by atoms with van der Waals surface area (Å²) in [5.41, 5.74) is 2.39. The van der Waals surface area contributed by atoms with Gasteiger partial charge in [0.15, 0.2) is 0 Å². The van der Waals surface area contributed by atoms with E-state index in [9.17, 15) is 4.79 Å². The summed E-state index contributed by atoms with van der Waals surface area (Å²) in [6.07, 6.45) is 7.24. The van der Waals surface area contributed by atoms with Crippen molar-refractivity contribution in [3.8, 4) is 0 Å². The predicted molar refractivity (Wildman–Crippen MR) is 75.3 cm³/mol. The molecule has 2 heterocycles. The van der Waals surface area contributed by atoms with E-state index < -0.39 is 0 Å². The minimum atomic E-state index is 0.297. The Balaban J connectivity index is 1.78. The fraction of sp³-hybridized carbons (Fsp3) is 0.667. The number of thiophene rings is 1. The highest BCUT2D eigenvalue weighted by Gasteiger charge is 2.28. The molecule has 0 saturated carbocycles. The predicted octanol–water partition coefficient (Wildman–Crippen LogP) is 3.50. The summed E-state index contributed by atoms with van der Waals surface area (Å²) in [7, 11) is 0. The molecule has 1 aliphatic carbocycles. The monoisotopic (exact) mass is 263 g/mol. The molecule has 98 valence electrons. The third kappa shape index (κ3) is 2.09. The van der Waals surface area contributed by atoms with Gasteiger partial charge in [0.1, 0.15) is 0 Å². The molecule has 1 aromatic heterocycles. The normalized spacial score (nSPS) is 23.2. The van der Waals surface area contributed by atoms with E-state index in [0.29, 0.717) is 5.91 Å². The summed E-state index contributed by atoms with van der Waals surface area (Å²) in [6.45, 7) is 4.16. The zero-order chi connectivity index (χ0) is 12.5. The summed E-state index contributed by atoms with van der Waals surface area (Å²) in [6, 6.07) is 0. The van der Waals surface area contributed by atoms with Crippen LogP contribution in [0, 0.1) is 5.92 Å². The lowest BCUT2D eigenvalue weighted by atomic mass is 9.95. The van der Waals surface area contributed by atoms with Crippen molar-refractivity contribution in [1.82, 2.24) is 4.90 Å². The molecule has 0 bridgehead atoms. The van der Waals surface area contributed by atoms with Crippen molar-refractivity contribution in [2.75, 3.05) is 13.1 Å². The topological polar surface area (TPSA) is 20.3 Å². The highest BCUT2D eigenvalue weighted by molar-refractivity contribution is 7.10. The number of aryl methyl sites for hydroxylation is 1. The number of carbonyl (C=O) groups is 1. The highest BCUT2D eigenvalue weighted by Crippen LogP contribution is 2.32. The zero-order valence-corrected chi connectivity index (χ0v) is 11.9. The highest BCUT2D eigenvalue weighted by atomic mass is 32.1. The Morgan fingerprint density at radius 1 is 1.44 bits per heavy atom. The second kappa shape index (κ2) is 5.04. The Morgan fingerprint density at radius 2 is 2.28 bits per heavy atom. The van der Waals surface area contributed by atoms with Crippen molar-refractivity contribution in [2.24, 2.45) is 5.92 Å². The molecule has 1 amide bonds. The van der Waals surface area contributed by atoms with Crippen molar-refractivity contribution < 1.29 is 4.79 Å². The Kier molecular flexibility index (Phi) is 3.42. The van der Waals surface area contributed by atoms with Crippen molar-refractivity contribution in [3.05, 3.63) is 21.4 Å². The lowest BCUT2D eigenvalue weighted by Crippen LogP contribution is -2.29. The first kappa shape index (κ1) is 12.2. The molecule has 2 nitrogen and oxygen atoms in total. The van der Waals surface area contributed by atoms with Gasteiger partial charge in [0.25, 0.3) is 5.91 Å². The summed E-state index contributed by atoms with van der Waals surface area (Å²) >= 11 is 1.80. The fourth-order valence-corrected chi connectivity index (χ4v) is 4.31. The largest absolute Gasteiger partial charge is 0.338 e. The Morgan fingerprint density at radius 3 is 3.06 bits per heavy atom. The van der Waals surface area contributed by atoms with E-state index in [-0.39, 0.29) is 0 Å². The minimum absolute atomic E-state index is 0.297. The second-order valence-electron chi connectivity index (χ2n) is 5.57. The van der Waals surface area contributed by atoms with Gasteiger partial charge >= 0.3 is 0 Å². The van der Waals surface area contributed by atoms with E-state index >= 15 is 0 Å². The molecule has 1 aliphatic heterocycles. The lowest BCUT2D eigenvalue weighted by molar-refractivity contribution is 0.0786. The molecule has 1 fully saturated rings. The number of hydrogen-bond donors (Lipinski definition) is 0. The summed E-state index contributed by atoms with van der Waals surface area (Å²) in [5.74, 6) is 1.02. The molecular weight excluding hydrogens is 242 g/mol. The molecule has 3 heteroatoms. The number of likely N-dealkylation sites (tertiary alicyclic amines) is 1. The molecule has 3 rings (SSSR count). The van der Waals surface area contributed by atoms with Gasteiger partial charge in [0, 0.05) is 23.3 Å². The van der Waals surface area contributed by atoms with Gasteiger partial charge in [-0.1, -0.05) is 13.3 Å². The third-order valence-electron chi connectivity index (χ3n) is 4.44. The summed E-state index contributed by atoms with van der Waals surface area (Å²) in [5, 5.41) is 2.11. The molecule has 0 spiro atoms. The van der Waals surface area contributed by atoms with Gasteiger partial charge in [-0.3, -0.25) is 4.79 Å². The SMILES string of the molecule is CCC1CCN(C(=O)c2csc3c2CCCC3)C1. The quantitative estimate of drug-likeness (QED) is 0.799. The van der Waals surface area contributed by atoms with E-state index in [1.54, 1.807) is 11.3 Å². The first-order valence-electron chi connectivity index (χ1n) is 7.18. The molecule has 18 heavy (non-hydrogen) atoms. The first-order valence-corrected chi connectivity index (χ1v) is 8.06. The van der Waals surface area contributed by atoms with Crippen LogP contribution in [0.3, 0.4) is 0 Å². The average Bonchev–Trinajstić information content (AvgIpc) is 3.04. The van der Waals surface area contributed by atoms with E-state index in [0.717, 1.165) is 31.0 Å². The molecular formula is C15H21NOS. The standard InChI is InChI=1S/C15H21NOS/c1-2-11-7-8-16(9-11)15(17)13-10-18-14-6-4-3-5-12(13)14/h10-11H,2-9H2,1H3. The molecule has 0 aromatic carbocycles. The summed E-state index contributed by atoms with van der Waals surface area (Å²) in [4.78, 5) is 16.1. The van der Waals surface area contributed by atoms with Crippen LogP contribution in [-0.2, 0) is 12.8 Å². The van der Waals surface area contributed by atoms with Crippen LogP contribution in [0.4, 0.5) is 0 Å². The fourth-order valence-electron chi connectivity index (χ4n) is 3.19. The number of carbonyl (C=O) groups excluding carboxylic acids is 1. The van der Waals surface area contributed by atoms with E-state index in [2.05, 4.69) is 17.2 Å². The van der Waals surface area contributed by atoms with Gasteiger partial charge in [-0.25, -0.2) is 0 Å². The van der Waals surface area contributed by atoms with E-state index in [4.69, 9.17) is 0 Å². The Bertz CT molecular complexity index is 451. The molecule has 1 unspecified atom stereocenters. The van der Waals surface area contributed by atoms with Crippen LogP contribution in [0.1, 0.15) is 53.4 Å². The molecule has 1 atom stereocenters. The number of hydrogen-bond acceptors (Lipinski definition) is 2. The van der Waals surface area contributed by atoms with Crippen LogP contribution >= 0.6 is 11.3 Å². The van der Waals surface area contributed by atoms with Crippen molar-refractivity contribution >= 4 is 17.2 Å². The van der Waals surface area contributed by atoms with Crippen LogP contribution < -0.4 is 0 Å². The molecule has 1 saturated heterocycles. The van der Waals surface area contributed by atoms with Crippen molar-refractivity contribution in [1.29, 1.82) is 0 Å². The van der Waals surface area contributed by atoms with Crippen molar-refractivity contribution in [2.45, 2.75) is 45.4 Å². The van der Waals surface area contributed by atoms with Crippen LogP contribution in [0.25, 0.3) is 0 Å². The lowest BCUT2D eigenvalue weighted by Gasteiger charge is -2.18. The van der Waals surface area contributed by atoms with Gasteiger partial charge in [0.2, 0.25) is 0 Å². The maximum absolute atomic E-state index is 12.6. The van der Waals surface area contributed by atoms with Gasteiger partial charge in [-0.05, 0) is 43.6 Å². The molecule has 0 N–H and O–H groups in total. The van der Waals surface area contributed by atoms with Crippen LogP contribution in [0.5, 0.6) is 0 Å². The number of nitrogens with zero attached hydrogens (tertiary/aromatic N) is 1. The Hall–Kier alpha value is -0.830. The first-order chi connectivity index (χ1) is 8.79. The van der Waals surface area contributed by atoms with Gasteiger partial charge in [-0.2, -0.15) is 0 Å². The Labute approximate surface area is 113 Å². The second-order valence-corrected chi connectivity index (χ2v) is 6.54. The van der Waals surface area contributed by atoms with Gasteiger partial charge in [-0.15, -0.1) is 11.3 Å². The smallest absolute Gasteiger partial charge is 0.254 e. The van der Waals surface area contributed by atoms with Crippen LogP contribution in [0.15, 0.2) is 5.38 Å².